The highest BCUT2D eigenvalue weighted by atomic mass is 32.2. The fraction of sp³-hybridized carbons (Fsp3) is 0.500. The topological polar surface area (TPSA) is 102 Å². The number of sulfonamides is 1. The van der Waals surface area contributed by atoms with E-state index in [1.54, 1.807) is 4.90 Å². The zero-order valence-corrected chi connectivity index (χ0v) is 15.3. The number of methoxy groups -OCH3 is 2. The number of nitrogens with one attached hydrogen (secondary N) is 1. The lowest BCUT2D eigenvalue weighted by molar-refractivity contribution is -0.146. The van der Waals surface area contributed by atoms with Gasteiger partial charge in [-0.1, -0.05) is 0 Å². The molecule has 0 spiro atoms. The molecule has 0 aromatic heterocycles. The number of ether oxygens (including phenoxy) is 2. The molecule has 0 unspecified atom stereocenters. The average Bonchev–Trinajstić information content (AvgIpc) is 2.66. The second-order valence-corrected chi connectivity index (χ2v) is 7.52. The molecule has 1 saturated heterocycles. The van der Waals surface area contributed by atoms with E-state index < -0.39 is 10.0 Å². The highest BCUT2D eigenvalue weighted by molar-refractivity contribution is 7.89. The van der Waals surface area contributed by atoms with Gasteiger partial charge in [-0.15, -0.1) is 0 Å². The first-order valence-corrected chi connectivity index (χ1v) is 9.31. The van der Waals surface area contributed by atoms with Crippen molar-refractivity contribution in [3.05, 3.63) is 23.8 Å². The molecule has 9 heteroatoms. The van der Waals surface area contributed by atoms with Gasteiger partial charge in [-0.25, -0.2) is 13.1 Å². The number of piperidine rings is 1. The van der Waals surface area contributed by atoms with E-state index in [-0.39, 0.29) is 34.0 Å². The average molecular weight is 370 g/mol. The molecule has 0 atom stereocenters. The van der Waals surface area contributed by atoms with Crippen LogP contribution in [0.25, 0.3) is 0 Å². The number of carbonyl (C=O) groups is 2. The molecule has 1 aliphatic heterocycles. The van der Waals surface area contributed by atoms with Crippen LogP contribution in [0.3, 0.4) is 0 Å². The molecule has 138 valence electrons. The highest BCUT2D eigenvalue weighted by Crippen LogP contribution is 2.26. The van der Waals surface area contributed by atoms with E-state index in [0.717, 1.165) is 0 Å². The molecular weight excluding hydrogens is 348 g/mol. The number of nitrogens with zero attached hydrogens (tertiary/aromatic N) is 1. The Morgan fingerprint density at radius 2 is 1.84 bits per heavy atom. The molecule has 1 aromatic rings. The molecule has 1 N–H and O–H groups in total. The minimum absolute atomic E-state index is 0.0900. The summed E-state index contributed by atoms with van der Waals surface area (Å²) in [5.41, 5.74) is 0.256. The van der Waals surface area contributed by atoms with Crippen molar-refractivity contribution in [2.75, 3.05) is 34.4 Å². The molecule has 25 heavy (non-hydrogen) atoms. The smallest absolute Gasteiger partial charge is 0.308 e. The first kappa shape index (κ1) is 19.2. The van der Waals surface area contributed by atoms with Crippen LogP contribution in [0.2, 0.25) is 0 Å². The maximum absolute atomic E-state index is 12.7. The number of carbonyl (C=O) groups excluding carboxylic acids is 2. The van der Waals surface area contributed by atoms with Gasteiger partial charge in [0.25, 0.3) is 5.91 Å². The van der Waals surface area contributed by atoms with Crippen molar-refractivity contribution in [1.82, 2.24) is 9.62 Å². The van der Waals surface area contributed by atoms with Crippen molar-refractivity contribution in [3.8, 4) is 5.75 Å². The van der Waals surface area contributed by atoms with Crippen molar-refractivity contribution in [2.24, 2.45) is 5.92 Å². The summed E-state index contributed by atoms with van der Waals surface area (Å²) in [6, 6.07) is 4.29. The summed E-state index contributed by atoms with van der Waals surface area (Å²) in [7, 11) is 0.247. The largest absolute Gasteiger partial charge is 0.495 e. The Morgan fingerprint density at radius 1 is 1.20 bits per heavy atom. The summed E-state index contributed by atoms with van der Waals surface area (Å²) >= 11 is 0. The van der Waals surface area contributed by atoms with Gasteiger partial charge in [0.05, 0.1) is 20.1 Å². The number of likely N-dealkylation sites (tertiary alicyclic amines) is 1. The molecule has 1 fully saturated rings. The van der Waals surface area contributed by atoms with Crippen molar-refractivity contribution in [1.29, 1.82) is 0 Å². The Hall–Kier alpha value is -2.13. The standard InChI is InChI=1S/C16H22N2O6S/c1-17-25(21,22)14-10-12(4-5-13(14)23-2)15(19)18-8-6-11(7-9-18)16(20)24-3/h4-5,10-11,17H,6-9H2,1-3H3. The zero-order valence-electron chi connectivity index (χ0n) is 14.4. The number of benzene rings is 1. The second-order valence-electron chi connectivity index (χ2n) is 5.66. The molecule has 1 amide bonds. The first-order chi connectivity index (χ1) is 11.8. The van der Waals surface area contributed by atoms with Gasteiger partial charge in [-0.05, 0) is 38.1 Å². The minimum Gasteiger partial charge on any atom is -0.495 e. The predicted octanol–water partition coefficient (Wildman–Crippen LogP) is 0.629. The summed E-state index contributed by atoms with van der Waals surface area (Å²) in [5, 5.41) is 0. The van der Waals surface area contributed by atoms with E-state index in [1.807, 2.05) is 0 Å². The minimum atomic E-state index is -3.76. The van der Waals surface area contributed by atoms with Crippen LogP contribution < -0.4 is 9.46 Å². The van der Waals surface area contributed by atoms with E-state index in [2.05, 4.69) is 4.72 Å². The summed E-state index contributed by atoms with van der Waals surface area (Å²) in [5.74, 6) is -0.585. The van der Waals surface area contributed by atoms with Gasteiger partial charge < -0.3 is 14.4 Å². The third kappa shape index (κ3) is 4.10. The number of esters is 1. The lowest BCUT2D eigenvalue weighted by Crippen LogP contribution is -2.40. The highest BCUT2D eigenvalue weighted by Gasteiger charge is 2.29. The zero-order chi connectivity index (χ0) is 18.6. The quantitative estimate of drug-likeness (QED) is 0.763. The Kier molecular flexibility index (Phi) is 6.02. The molecule has 2 rings (SSSR count). The van der Waals surface area contributed by atoms with E-state index in [0.29, 0.717) is 25.9 Å². The fourth-order valence-corrected chi connectivity index (χ4v) is 3.72. The molecule has 1 aliphatic rings. The maximum atomic E-state index is 12.7. The van der Waals surface area contributed by atoms with Gasteiger partial charge in [-0.3, -0.25) is 9.59 Å². The number of hydrogen-bond donors (Lipinski definition) is 1. The molecular formula is C16H22N2O6S. The van der Waals surface area contributed by atoms with Crippen molar-refractivity contribution in [2.45, 2.75) is 17.7 Å². The number of hydrogen-bond acceptors (Lipinski definition) is 6. The van der Waals surface area contributed by atoms with Gasteiger partial charge in [0.15, 0.2) is 0 Å². The summed E-state index contributed by atoms with van der Waals surface area (Å²) in [6.07, 6.45) is 1.05. The Morgan fingerprint density at radius 3 is 2.36 bits per heavy atom. The van der Waals surface area contributed by atoms with Crippen LogP contribution in [0, 0.1) is 5.92 Å². The van der Waals surface area contributed by atoms with Crippen LogP contribution in [0.4, 0.5) is 0 Å². The summed E-state index contributed by atoms with van der Waals surface area (Å²) in [4.78, 5) is 25.7. The first-order valence-electron chi connectivity index (χ1n) is 7.82. The molecule has 0 aliphatic carbocycles. The third-order valence-corrected chi connectivity index (χ3v) is 5.72. The fourth-order valence-electron chi connectivity index (χ4n) is 2.80. The second kappa shape index (κ2) is 7.83. The molecule has 1 heterocycles. The van der Waals surface area contributed by atoms with Crippen molar-refractivity contribution in [3.63, 3.8) is 0 Å². The lowest BCUT2D eigenvalue weighted by Gasteiger charge is -2.30. The van der Waals surface area contributed by atoms with Gasteiger partial charge >= 0.3 is 5.97 Å². The van der Waals surface area contributed by atoms with Crippen LogP contribution >= 0.6 is 0 Å². The number of rotatable bonds is 5. The van der Waals surface area contributed by atoms with Crippen LogP contribution in [0.5, 0.6) is 5.75 Å². The van der Waals surface area contributed by atoms with Crippen LogP contribution in [0.15, 0.2) is 23.1 Å². The van der Waals surface area contributed by atoms with Gasteiger partial charge in [0, 0.05) is 18.7 Å². The molecule has 0 bridgehead atoms. The van der Waals surface area contributed by atoms with E-state index in [4.69, 9.17) is 9.47 Å². The van der Waals surface area contributed by atoms with Crippen LogP contribution in [-0.2, 0) is 19.6 Å². The predicted molar refractivity (Wildman–Crippen MR) is 89.9 cm³/mol. The maximum Gasteiger partial charge on any atom is 0.308 e. The van der Waals surface area contributed by atoms with Crippen molar-refractivity contribution < 1.29 is 27.5 Å². The summed E-state index contributed by atoms with van der Waals surface area (Å²) < 4.78 is 36.3. The third-order valence-electron chi connectivity index (χ3n) is 4.29. The molecule has 1 aromatic carbocycles. The SMILES string of the molecule is CNS(=O)(=O)c1cc(C(=O)N2CCC(C(=O)OC)CC2)ccc1OC. The lowest BCUT2D eigenvalue weighted by atomic mass is 9.96. The normalized spacial score (nSPS) is 15.7. The Labute approximate surface area is 147 Å². The molecule has 0 saturated carbocycles. The molecule has 0 radical (unpaired) electrons. The van der Waals surface area contributed by atoms with E-state index in [1.165, 1.54) is 39.5 Å². The molecule has 8 nitrogen and oxygen atoms in total. The summed E-state index contributed by atoms with van der Waals surface area (Å²) in [6.45, 7) is 0.831. The number of amides is 1. The van der Waals surface area contributed by atoms with Crippen LogP contribution in [0.1, 0.15) is 23.2 Å². The monoisotopic (exact) mass is 370 g/mol. The van der Waals surface area contributed by atoms with Gasteiger partial charge in [-0.2, -0.15) is 0 Å². The van der Waals surface area contributed by atoms with Gasteiger partial charge in [0.1, 0.15) is 10.6 Å². The van der Waals surface area contributed by atoms with E-state index >= 15 is 0 Å². The van der Waals surface area contributed by atoms with Gasteiger partial charge in [0.2, 0.25) is 10.0 Å². The Balaban J connectivity index is 2.21. The van der Waals surface area contributed by atoms with E-state index in [9.17, 15) is 18.0 Å². The Bertz CT molecular complexity index is 754. The van der Waals surface area contributed by atoms with Crippen molar-refractivity contribution >= 4 is 21.9 Å². The van der Waals surface area contributed by atoms with Crippen LogP contribution in [-0.4, -0.2) is 59.6 Å².